The molecule has 1 aromatic heterocycles. The van der Waals surface area contributed by atoms with Gasteiger partial charge in [-0.2, -0.15) is 4.98 Å². The highest BCUT2D eigenvalue weighted by molar-refractivity contribution is 5.53. The number of hydrogen-bond donors (Lipinski definition) is 0. The summed E-state index contributed by atoms with van der Waals surface area (Å²) in [6, 6.07) is 10.1. The van der Waals surface area contributed by atoms with Crippen molar-refractivity contribution < 1.29 is 4.52 Å². The minimum atomic E-state index is 0.372. The van der Waals surface area contributed by atoms with Crippen molar-refractivity contribution in [2.24, 2.45) is 5.41 Å². The van der Waals surface area contributed by atoms with Crippen LogP contribution < -0.4 is 0 Å². The zero-order valence-corrected chi connectivity index (χ0v) is 13.2. The Morgan fingerprint density at radius 3 is 2.73 bits per heavy atom. The molecule has 1 saturated carbocycles. The molecule has 2 fully saturated rings. The first-order valence-electron chi connectivity index (χ1n) is 8.42. The lowest BCUT2D eigenvalue weighted by molar-refractivity contribution is 0.230. The summed E-state index contributed by atoms with van der Waals surface area (Å²) in [6.07, 6.45) is 5.29. The Labute approximate surface area is 131 Å². The van der Waals surface area contributed by atoms with Gasteiger partial charge in [0.2, 0.25) is 11.7 Å². The minimum absolute atomic E-state index is 0.372. The molecule has 1 aliphatic heterocycles. The van der Waals surface area contributed by atoms with E-state index in [0.717, 1.165) is 30.4 Å². The van der Waals surface area contributed by atoms with E-state index in [4.69, 9.17) is 9.51 Å². The Bertz CT molecular complexity index is 631. The number of hydrogen-bond acceptors (Lipinski definition) is 4. The van der Waals surface area contributed by atoms with Gasteiger partial charge in [-0.05, 0) is 24.8 Å². The minimum Gasteiger partial charge on any atom is -0.339 e. The van der Waals surface area contributed by atoms with Crippen molar-refractivity contribution in [1.82, 2.24) is 15.0 Å². The van der Waals surface area contributed by atoms with E-state index >= 15 is 0 Å². The summed E-state index contributed by atoms with van der Waals surface area (Å²) in [4.78, 5) is 7.29. The lowest BCUT2D eigenvalue weighted by atomic mass is 9.76. The standard InChI is InChI=1S/C18H23N3O/c1-2-21-12-15(18(13-21)10-6-7-11-18)17-19-16(20-22-17)14-8-4-3-5-9-14/h3-5,8-9,15H,2,6-7,10-13H2,1H3. The zero-order valence-electron chi connectivity index (χ0n) is 13.2. The molecular formula is C18H23N3O. The Balaban J connectivity index is 1.65. The van der Waals surface area contributed by atoms with Crippen LogP contribution in [0, 0.1) is 5.41 Å². The zero-order chi connectivity index (χ0) is 15.0. The van der Waals surface area contributed by atoms with E-state index in [0.29, 0.717) is 11.3 Å². The van der Waals surface area contributed by atoms with Crippen molar-refractivity contribution in [3.05, 3.63) is 36.2 Å². The van der Waals surface area contributed by atoms with Gasteiger partial charge in [-0.15, -0.1) is 0 Å². The Morgan fingerprint density at radius 1 is 1.23 bits per heavy atom. The van der Waals surface area contributed by atoms with E-state index in [9.17, 15) is 0 Å². The van der Waals surface area contributed by atoms with Gasteiger partial charge in [-0.1, -0.05) is 55.3 Å². The van der Waals surface area contributed by atoms with Crippen molar-refractivity contribution >= 4 is 0 Å². The van der Waals surface area contributed by atoms with E-state index < -0.39 is 0 Å². The van der Waals surface area contributed by atoms with Crippen LogP contribution in [0.5, 0.6) is 0 Å². The molecule has 4 rings (SSSR count). The number of benzene rings is 1. The van der Waals surface area contributed by atoms with Gasteiger partial charge in [0.05, 0.1) is 5.92 Å². The van der Waals surface area contributed by atoms with Gasteiger partial charge >= 0.3 is 0 Å². The summed E-state index contributed by atoms with van der Waals surface area (Å²) >= 11 is 0. The van der Waals surface area contributed by atoms with Gasteiger partial charge in [0.15, 0.2) is 0 Å². The summed E-state index contributed by atoms with van der Waals surface area (Å²) in [7, 11) is 0. The number of likely N-dealkylation sites (tertiary alicyclic amines) is 1. The van der Waals surface area contributed by atoms with Crippen molar-refractivity contribution in [2.75, 3.05) is 19.6 Å². The molecule has 2 aromatic rings. The first-order valence-corrected chi connectivity index (χ1v) is 8.42. The van der Waals surface area contributed by atoms with Crippen molar-refractivity contribution in [1.29, 1.82) is 0 Å². The average molecular weight is 297 g/mol. The number of rotatable bonds is 3. The van der Waals surface area contributed by atoms with E-state index in [1.807, 2.05) is 30.3 Å². The van der Waals surface area contributed by atoms with E-state index in [1.165, 1.54) is 32.2 Å². The molecular weight excluding hydrogens is 274 g/mol. The Hall–Kier alpha value is -1.68. The molecule has 2 aliphatic rings. The van der Waals surface area contributed by atoms with Crippen LogP contribution in [0.3, 0.4) is 0 Å². The van der Waals surface area contributed by atoms with Gasteiger partial charge in [0.25, 0.3) is 0 Å². The predicted molar refractivity (Wildman–Crippen MR) is 85.5 cm³/mol. The highest BCUT2D eigenvalue weighted by Crippen LogP contribution is 2.53. The van der Waals surface area contributed by atoms with E-state index in [1.54, 1.807) is 0 Å². The molecule has 0 bridgehead atoms. The quantitative estimate of drug-likeness (QED) is 0.866. The maximum Gasteiger partial charge on any atom is 0.231 e. The van der Waals surface area contributed by atoms with Gasteiger partial charge in [0.1, 0.15) is 0 Å². The van der Waals surface area contributed by atoms with E-state index in [2.05, 4.69) is 17.0 Å². The van der Waals surface area contributed by atoms with E-state index in [-0.39, 0.29) is 0 Å². The van der Waals surface area contributed by atoms with Crippen molar-refractivity contribution in [2.45, 2.75) is 38.5 Å². The molecule has 1 atom stereocenters. The summed E-state index contributed by atoms with van der Waals surface area (Å²) in [5, 5.41) is 4.23. The van der Waals surface area contributed by atoms with Crippen LogP contribution in [-0.2, 0) is 0 Å². The molecule has 22 heavy (non-hydrogen) atoms. The maximum atomic E-state index is 5.69. The highest BCUT2D eigenvalue weighted by atomic mass is 16.5. The maximum absolute atomic E-state index is 5.69. The predicted octanol–water partition coefficient (Wildman–Crippen LogP) is 3.72. The van der Waals surface area contributed by atoms with Crippen molar-refractivity contribution in [3.8, 4) is 11.4 Å². The van der Waals surface area contributed by atoms with Crippen LogP contribution in [0.1, 0.15) is 44.4 Å². The van der Waals surface area contributed by atoms with Gasteiger partial charge in [0, 0.05) is 18.7 Å². The first kappa shape index (κ1) is 13.9. The lowest BCUT2D eigenvalue weighted by Crippen LogP contribution is -2.26. The average Bonchev–Trinajstić information content (AvgIpc) is 3.29. The highest BCUT2D eigenvalue weighted by Gasteiger charge is 2.50. The number of nitrogens with zero attached hydrogens (tertiary/aromatic N) is 3. The second-order valence-electron chi connectivity index (χ2n) is 6.77. The van der Waals surface area contributed by atoms with Crippen LogP contribution in [0.25, 0.3) is 11.4 Å². The SMILES string of the molecule is CCN1CC(c2nc(-c3ccccc3)no2)C2(CCCC2)C1. The second-order valence-corrected chi connectivity index (χ2v) is 6.77. The van der Waals surface area contributed by atoms with Crippen LogP contribution in [0.2, 0.25) is 0 Å². The second kappa shape index (κ2) is 5.51. The third-order valence-corrected chi connectivity index (χ3v) is 5.54. The number of likely N-dealkylation sites (N-methyl/N-ethyl adjacent to an activating group) is 1. The molecule has 4 nitrogen and oxygen atoms in total. The largest absolute Gasteiger partial charge is 0.339 e. The van der Waals surface area contributed by atoms with Gasteiger partial charge < -0.3 is 9.42 Å². The lowest BCUT2D eigenvalue weighted by Gasteiger charge is -2.27. The molecule has 0 radical (unpaired) electrons. The third-order valence-electron chi connectivity index (χ3n) is 5.54. The van der Waals surface area contributed by atoms with Crippen molar-refractivity contribution in [3.63, 3.8) is 0 Å². The van der Waals surface area contributed by atoms with Crippen LogP contribution in [0.15, 0.2) is 34.9 Å². The molecule has 0 amide bonds. The smallest absolute Gasteiger partial charge is 0.231 e. The monoisotopic (exact) mass is 297 g/mol. The summed E-state index contributed by atoms with van der Waals surface area (Å²) < 4.78 is 5.69. The molecule has 1 unspecified atom stereocenters. The molecule has 1 aromatic carbocycles. The third kappa shape index (κ3) is 2.26. The normalized spacial score (nSPS) is 24.3. The Kier molecular flexibility index (Phi) is 3.49. The van der Waals surface area contributed by atoms with Crippen LogP contribution >= 0.6 is 0 Å². The van der Waals surface area contributed by atoms with Crippen LogP contribution in [-0.4, -0.2) is 34.7 Å². The molecule has 1 aliphatic carbocycles. The fraction of sp³-hybridized carbons (Fsp3) is 0.556. The molecule has 1 spiro atoms. The topological polar surface area (TPSA) is 42.2 Å². The Morgan fingerprint density at radius 2 is 2.00 bits per heavy atom. The number of aromatic nitrogens is 2. The molecule has 2 heterocycles. The fourth-order valence-corrected chi connectivity index (χ4v) is 4.32. The molecule has 116 valence electrons. The summed E-state index contributed by atoms with van der Waals surface area (Å²) in [5.74, 6) is 1.97. The molecule has 0 N–H and O–H groups in total. The summed E-state index contributed by atoms with van der Waals surface area (Å²) in [5.41, 5.74) is 1.40. The van der Waals surface area contributed by atoms with Gasteiger partial charge in [-0.25, -0.2) is 0 Å². The summed E-state index contributed by atoms with van der Waals surface area (Å²) in [6.45, 7) is 5.61. The molecule has 1 saturated heterocycles. The van der Waals surface area contributed by atoms with Gasteiger partial charge in [-0.3, -0.25) is 0 Å². The molecule has 4 heteroatoms. The fourth-order valence-electron chi connectivity index (χ4n) is 4.32. The van der Waals surface area contributed by atoms with Crippen LogP contribution in [0.4, 0.5) is 0 Å². The first-order chi connectivity index (χ1) is 10.8.